The van der Waals surface area contributed by atoms with Gasteiger partial charge in [0.15, 0.2) is 0 Å². The van der Waals surface area contributed by atoms with Crippen LogP contribution in [0.2, 0.25) is 0 Å². The van der Waals surface area contributed by atoms with Crippen LogP contribution in [-0.4, -0.2) is 42.2 Å². The summed E-state index contributed by atoms with van der Waals surface area (Å²) in [4.78, 5) is 6.78. The fourth-order valence-electron chi connectivity index (χ4n) is 3.20. The molecule has 0 aliphatic carbocycles. The number of ether oxygens (including phenoxy) is 2. The molecule has 1 aromatic carbocycles. The molecule has 1 aliphatic rings. The first-order valence-electron chi connectivity index (χ1n) is 8.73. The lowest BCUT2D eigenvalue weighted by molar-refractivity contribution is 0.146. The van der Waals surface area contributed by atoms with Gasteiger partial charge in [-0.25, -0.2) is 0 Å². The molecule has 0 spiro atoms. The van der Waals surface area contributed by atoms with Crippen molar-refractivity contribution in [3.8, 4) is 11.5 Å². The van der Waals surface area contributed by atoms with Crippen LogP contribution in [0.25, 0.3) is 0 Å². The molecular weight excluding hydrogens is 314 g/mol. The van der Waals surface area contributed by atoms with Gasteiger partial charge >= 0.3 is 0 Å². The van der Waals surface area contributed by atoms with Crippen LogP contribution in [0.4, 0.5) is 0 Å². The first kappa shape index (κ1) is 17.7. The van der Waals surface area contributed by atoms with Crippen molar-refractivity contribution in [2.45, 2.75) is 32.5 Å². The second-order valence-electron chi connectivity index (χ2n) is 7.10. The van der Waals surface area contributed by atoms with Crippen LogP contribution in [0.15, 0.2) is 42.6 Å². The summed E-state index contributed by atoms with van der Waals surface area (Å²) in [6.07, 6.45) is 1.79. The SMILES string of the molecule is COc1ccc(OCc2ccccn2)c(CN2CCNC(C)(C)C2)c1. The average Bonchev–Trinajstić information content (AvgIpc) is 2.60. The molecule has 1 aromatic heterocycles. The molecule has 2 aromatic rings. The zero-order valence-corrected chi connectivity index (χ0v) is 15.3. The molecule has 0 unspecified atom stereocenters. The highest BCUT2D eigenvalue weighted by molar-refractivity contribution is 5.40. The summed E-state index contributed by atoms with van der Waals surface area (Å²) in [5.74, 6) is 1.75. The average molecular weight is 341 g/mol. The van der Waals surface area contributed by atoms with E-state index in [4.69, 9.17) is 9.47 Å². The van der Waals surface area contributed by atoms with E-state index in [9.17, 15) is 0 Å². The van der Waals surface area contributed by atoms with Gasteiger partial charge in [-0.15, -0.1) is 0 Å². The van der Waals surface area contributed by atoms with Crippen molar-refractivity contribution < 1.29 is 9.47 Å². The number of pyridine rings is 1. The maximum absolute atomic E-state index is 6.06. The van der Waals surface area contributed by atoms with Crippen LogP contribution < -0.4 is 14.8 Å². The van der Waals surface area contributed by atoms with Gasteiger partial charge in [-0.2, -0.15) is 0 Å². The van der Waals surface area contributed by atoms with E-state index in [0.717, 1.165) is 48.9 Å². The quantitative estimate of drug-likeness (QED) is 0.875. The molecule has 0 radical (unpaired) electrons. The van der Waals surface area contributed by atoms with Gasteiger partial charge in [-0.1, -0.05) is 6.07 Å². The highest BCUT2D eigenvalue weighted by atomic mass is 16.5. The Morgan fingerprint density at radius 3 is 2.84 bits per heavy atom. The molecule has 1 aliphatic heterocycles. The molecule has 1 saturated heterocycles. The number of benzene rings is 1. The Morgan fingerprint density at radius 1 is 1.24 bits per heavy atom. The summed E-state index contributed by atoms with van der Waals surface area (Å²) in [5, 5.41) is 3.55. The minimum Gasteiger partial charge on any atom is -0.497 e. The monoisotopic (exact) mass is 341 g/mol. The normalized spacial score (nSPS) is 17.2. The van der Waals surface area contributed by atoms with Crippen LogP contribution in [0.5, 0.6) is 11.5 Å². The Kier molecular flexibility index (Phi) is 5.56. The number of hydrogen-bond donors (Lipinski definition) is 1. The van der Waals surface area contributed by atoms with Gasteiger partial charge in [-0.05, 0) is 44.2 Å². The van der Waals surface area contributed by atoms with Gasteiger partial charge < -0.3 is 14.8 Å². The van der Waals surface area contributed by atoms with Crippen LogP contribution in [-0.2, 0) is 13.2 Å². The Morgan fingerprint density at radius 2 is 2.12 bits per heavy atom. The van der Waals surface area contributed by atoms with E-state index in [2.05, 4.69) is 35.1 Å². The Bertz CT molecular complexity index is 689. The van der Waals surface area contributed by atoms with Gasteiger partial charge in [0.25, 0.3) is 0 Å². The van der Waals surface area contributed by atoms with E-state index in [-0.39, 0.29) is 5.54 Å². The molecule has 3 rings (SSSR count). The Hall–Kier alpha value is -2.11. The molecule has 1 N–H and O–H groups in total. The molecule has 0 atom stereocenters. The van der Waals surface area contributed by atoms with E-state index in [1.807, 2.05) is 30.3 Å². The number of nitrogens with zero attached hydrogens (tertiary/aromatic N) is 2. The predicted octanol–water partition coefficient (Wildman–Crippen LogP) is 2.85. The first-order chi connectivity index (χ1) is 12.1. The van der Waals surface area contributed by atoms with Gasteiger partial charge in [0, 0.05) is 43.5 Å². The molecule has 0 amide bonds. The van der Waals surface area contributed by atoms with Crippen molar-refractivity contribution in [1.82, 2.24) is 15.2 Å². The summed E-state index contributed by atoms with van der Waals surface area (Å²) in [6.45, 7) is 8.82. The minimum atomic E-state index is 0.131. The summed E-state index contributed by atoms with van der Waals surface area (Å²) < 4.78 is 11.5. The van der Waals surface area contributed by atoms with E-state index < -0.39 is 0 Å². The third-order valence-corrected chi connectivity index (χ3v) is 4.41. The largest absolute Gasteiger partial charge is 0.497 e. The fourth-order valence-corrected chi connectivity index (χ4v) is 3.20. The van der Waals surface area contributed by atoms with Crippen LogP contribution in [0.1, 0.15) is 25.1 Å². The molecule has 5 heteroatoms. The molecular formula is C20H27N3O2. The standard InChI is InChI=1S/C20H27N3O2/c1-20(2)15-23(11-10-22-20)13-16-12-18(24-3)7-8-19(16)25-14-17-6-4-5-9-21-17/h4-9,12,22H,10-11,13-15H2,1-3H3. The molecule has 1 fully saturated rings. The van der Waals surface area contributed by atoms with Crippen molar-refractivity contribution in [1.29, 1.82) is 0 Å². The number of aromatic nitrogens is 1. The summed E-state index contributed by atoms with van der Waals surface area (Å²) in [5.41, 5.74) is 2.20. The number of nitrogens with one attached hydrogen (secondary N) is 1. The topological polar surface area (TPSA) is 46.6 Å². The van der Waals surface area contributed by atoms with Crippen LogP contribution >= 0.6 is 0 Å². The zero-order chi connectivity index (χ0) is 17.7. The number of rotatable bonds is 6. The lowest BCUT2D eigenvalue weighted by atomic mass is 10.0. The highest BCUT2D eigenvalue weighted by Gasteiger charge is 2.26. The highest BCUT2D eigenvalue weighted by Crippen LogP contribution is 2.27. The number of methoxy groups -OCH3 is 1. The van der Waals surface area contributed by atoms with E-state index in [1.54, 1.807) is 13.3 Å². The summed E-state index contributed by atoms with van der Waals surface area (Å²) >= 11 is 0. The molecule has 0 saturated carbocycles. The third kappa shape index (κ3) is 4.94. The summed E-state index contributed by atoms with van der Waals surface area (Å²) in [7, 11) is 1.70. The molecule has 0 bridgehead atoms. The van der Waals surface area contributed by atoms with Gasteiger partial charge in [0.1, 0.15) is 18.1 Å². The van der Waals surface area contributed by atoms with E-state index in [0.29, 0.717) is 6.61 Å². The van der Waals surface area contributed by atoms with Crippen molar-refractivity contribution >= 4 is 0 Å². The number of hydrogen-bond acceptors (Lipinski definition) is 5. The van der Waals surface area contributed by atoms with Crippen molar-refractivity contribution in [3.05, 3.63) is 53.9 Å². The second kappa shape index (κ2) is 7.85. The minimum absolute atomic E-state index is 0.131. The molecule has 134 valence electrons. The first-order valence-corrected chi connectivity index (χ1v) is 8.73. The lowest BCUT2D eigenvalue weighted by Crippen LogP contribution is -2.56. The zero-order valence-electron chi connectivity index (χ0n) is 15.3. The van der Waals surface area contributed by atoms with Gasteiger partial charge in [-0.3, -0.25) is 9.88 Å². The van der Waals surface area contributed by atoms with Crippen molar-refractivity contribution in [2.75, 3.05) is 26.7 Å². The summed E-state index contributed by atoms with van der Waals surface area (Å²) in [6, 6.07) is 11.9. The fraction of sp³-hybridized carbons (Fsp3) is 0.450. The third-order valence-electron chi connectivity index (χ3n) is 4.41. The van der Waals surface area contributed by atoms with Crippen LogP contribution in [0, 0.1) is 0 Å². The van der Waals surface area contributed by atoms with Gasteiger partial charge in [0.2, 0.25) is 0 Å². The van der Waals surface area contributed by atoms with Crippen molar-refractivity contribution in [2.24, 2.45) is 0 Å². The Balaban J connectivity index is 1.74. The Labute approximate surface area is 150 Å². The lowest BCUT2D eigenvalue weighted by Gasteiger charge is -2.39. The number of piperazine rings is 1. The van der Waals surface area contributed by atoms with E-state index in [1.165, 1.54) is 0 Å². The molecule has 25 heavy (non-hydrogen) atoms. The second-order valence-corrected chi connectivity index (χ2v) is 7.10. The smallest absolute Gasteiger partial charge is 0.130 e. The molecule has 2 heterocycles. The van der Waals surface area contributed by atoms with Crippen LogP contribution in [0.3, 0.4) is 0 Å². The van der Waals surface area contributed by atoms with E-state index >= 15 is 0 Å². The predicted molar refractivity (Wildman–Crippen MR) is 98.9 cm³/mol. The maximum atomic E-state index is 6.06. The molecule has 5 nitrogen and oxygen atoms in total. The van der Waals surface area contributed by atoms with Gasteiger partial charge in [0.05, 0.1) is 12.8 Å². The maximum Gasteiger partial charge on any atom is 0.130 e. The van der Waals surface area contributed by atoms with Crippen molar-refractivity contribution in [3.63, 3.8) is 0 Å².